The van der Waals surface area contributed by atoms with Crippen LogP contribution in [0.2, 0.25) is 0 Å². The average Bonchev–Trinajstić information content (AvgIpc) is 3.78. The van der Waals surface area contributed by atoms with E-state index in [4.69, 9.17) is 4.74 Å². The lowest BCUT2D eigenvalue weighted by atomic mass is 9.88. The lowest BCUT2D eigenvalue weighted by Crippen LogP contribution is -2.38. The number of benzene rings is 3. The van der Waals surface area contributed by atoms with Gasteiger partial charge < -0.3 is 24.4 Å². The second kappa shape index (κ2) is 16.0. The molecule has 0 saturated carbocycles. The Morgan fingerprint density at radius 2 is 1.83 bits per heavy atom. The first-order valence-corrected chi connectivity index (χ1v) is 18.6. The minimum absolute atomic E-state index is 0.0833. The molecule has 1 amide bonds. The number of halogens is 2. The zero-order valence-corrected chi connectivity index (χ0v) is 30.0. The molecule has 9 nitrogen and oxygen atoms in total. The first-order chi connectivity index (χ1) is 25.2. The number of fused-ring (bicyclic) bond motifs is 1. The Kier molecular flexibility index (Phi) is 11.0. The minimum atomic E-state index is -0.637. The second-order valence-corrected chi connectivity index (χ2v) is 14.5. The molecule has 11 heteroatoms. The minimum Gasteiger partial charge on any atom is -0.466 e. The number of hydrogen-bond acceptors (Lipinski definition) is 7. The van der Waals surface area contributed by atoms with Crippen LogP contribution in [0.3, 0.4) is 0 Å². The van der Waals surface area contributed by atoms with E-state index in [-0.39, 0.29) is 17.8 Å². The zero-order valence-electron chi connectivity index (χ0n) is 30.0. The van der Waals surface area contributed by atoms with Crippen molar-refractivity contribution in [3.63, 3.8) is 0 Å². The van der Waals surface area contributed by atoms with E-state index in [9.17, 15) is 14.0 Å². The van der Waals surface area contributed by atoms with E-state index in [1.165, 1.54) is 23.3 Å². The van der Waals surface area contributed by atoms with Gasteiger partial charge in [0.2, 0.25) is 11.9 Å². The highest BCUT2D eigenvalue weighted by atomic mass is 19.1. The van der Waals surface area contributed by atoms with Crippen molar-refractivity contribution in [1.82, 2.24) is 19.8 Å². The summed E-state index contributed by atoms with van der Waals surface area (Å²) in [6.45, 7) is 8.81. The fourth-order valence-electron chi connectivity index (χ4n) is 8.18. The number of aryl methyl sites for hydroxylation is 1. The number of ether oxygens (including phenoxy) is 1. The van der Waals surface area contributed by atoms with Crippen molar-refractivity contribution >= 4 is 23.5 Å². The summed E-state index contributed by atoms with van der Waals surface area (Å²) in [7, 11) is 0. The van der Waals surface area contributed by atoms with Crippen LogP contribution in [-0.4, -0.2) is 71.7 Å². The lowest BCUT2D eigenvalue weighted by molar-refractivity contribution is -0.148. The third-order valence-corrected chi connectivity index (χ3v) is 11.0. The maximum Gasteiger partial charge on any atom is 0.309 e. The highest BCUT2D eigenvalue weighted by molar-refractivity contribution is 5.92. The zero-order chi connectivity index (χ0) is 36.2. The van der Waals surface area contributed by atoms with Gasteiger partial charge in [0.1, 0.15) is 11.6 Å². The summed E-state index contributed by atoms with van der Waals surface area (Å²) in [4.78, 5) is 35.5. The Labute approximate surface area is 304 Å². The van der Waals surface area contributed by atoms with E-state index in [1.807, 2.05) is 17.7 Å². The molecular formula is C41H48F2N6O3. The van der Waals surface area contributed by atoms with Crippen LogP contribution in [0.4, 0.5) is 20.4 Å². The number of nitrogens with one attached hydrogen (secondary N) is 2. The first-order valence-electron chi connectivity index (χ1n) is 18.6. The summed E-state index contributed by atoms with van der Waals surface area (Å²) in [5.41, 5.74) is 6.36. The average molecular weight is 711 g/mol. The molecule has 7 rings (SSSR count). The number of hydrogen-bond donors (Lipinski definition) is 2. The highest BCUT2D eigenvalue weighted by Crippen LogP contribution is 2.36. The monoisotopic (exact) mass is 710 g/mol. The largest absolute Gasteiger partial charge is 0.466 e. The quantitative estimate of drug-likeness (QED) is 0.183. The summed E-state index contributed by atoms with van der Waals surface area (Å²) in [6, 6.07) is 18.8. The maximum atomic E-state index is 15.2. The van der Waals surface area contributed by atoms with Crippen LogP contribution < -0.4 is 15.5 Å². The number of likely N-dealkylation sites (tertiary alicyclic amines) is 1. The Morgan fingerprint density at radius 1 is 1.02 bits per heavy atom. The van der Waals surface area contributed by atoms with Gasteiger partial charge in [-0.15, -0.1) is 0 Å². The Balaban J connectivity index is 1.04. The van der Waals surface area contributed by atoms with Gasteiger partial charge in [0.05, 0.1) is 25.0 Å². The number of rotatable bonds is 11. The number of carbonyl (C=O) groups excluding carboxylic acids is 2. The molecule has 1 unspecified atom stereocenters. The van der Waals surface area contributed by atoms with E-state index in [2.05, 4.69) is 74.8 Å². The summed E-state index contributed by atoms with van der Waals surface area (Å²) in [5.74, 6) is -2.28. The second-order valence-electron chi connectivity index (χ2n) is 14.5. The van der Waals surface area contributed by atoms with Gasteiger partial charge in [-0.2, -0.15) is 0 Å². The van der Waals surface area contributed by atoms with E-state index in [0.717, 1.165) is 74.7 Å². The van der Waals surface area contributed by atoms with Crippen LogP contribution in [-0.2, 0) is 33.8 Å². The van der Waals surface area contributed by atoms with Crippen LogP contribution in [0.15, 0.2) is 73.1 Å². The van der Waals surface area contributed by atoms with Crippen molar-refractivity contribution in [2.45, 2.75) is 64.6 Å². The molecule has 1 aromatic heterocycles. The van der Waals surface area contributed by atoms with Crippen molar-refractivity contribution in [1.29, 1.82) is 0 Å². The number of aromatic nitrogens is 2. The molecule has 2 fully saturated rings. The molecule has 4 heterocycles. The fourth-order valence-corrected chi connectivity index (χ4v) is 8.18. The summed E-state index contributed by atoms with van der Waals surface area (Å²) >= 11 is 0. The number of anilines is 2. The molecule has 0 radical (unpaired) electrons. The predicted molar refractivity (Wildman–Crippen MR) is 197 cm³/mol. The molecule has 52 heavy (non-hydrogen) atoms. The topological polar surface area (TPSA) is 91.7 Å². The standard InChI is InChI=1S/C41H48F2N6O3/c1-3-52-40(51)28-12-17-48(18-13-28)38-20-27(2)8-9-31(38)24-49-19-15-44-41(49)46-39(50)36-26-47(25-35(36)34-11-10-32(42)22-37(34)43)16-14-33-21-29-6-4-5-7-30(29)23-45-33/h4-11,15,19-20,22,28,33,35-36,45H,3,12-14,16-18,21,23-26H2,1-2H3,(H,44,46,50)/t33-,35-,36?/m0/s1. The number of amides is 1. The lowest BCUT2D eigenvalue weighted by Gasteiger charge is -2.34. The number of esters is 1. The Hall–Kier alpha value is -4.61. The molecule has 2 saturated heterocycles. The maximum absolute atomic E-state index is 15.2. The first kappa shape index (κ1) is 35.8. The molecule has 4 aromatic rings. The van der Waals surface area contributed by atoms with Crippen molar-refractivity contribution in [2.75, 3.05) is 49.5 Å². The molecule has 0 bridgehead atoms. The van der Waals surface area contributed by atoms with Crippen molar-refractivity contribution in [3.05, 3.63) is 113 Å². The number of carbonyl (C=O) groups is 2. The molecular weight excluding hydrogens is 662 g/mol. The molecule has 3 aliphatic heterocycles. The van der Waals surface area contributed by atoms with E-state index < -0.39 is 23.5 Å². The number of imidazole rings is 1. The SMILES string of the molecule is CCOC(=O)C1CCN(c2cc(C)ccc2Cn2ccnc2NC(=O)C2CN(CC[C@H]3Cc4ccccc4CN3)C[C@H]2c2ccc(F)cc2F)CC1. The van der Waals surface area contributed by atoms with Gasteiger partial charge in [0, 0.05) is 68.8 Å². The van der Waals surface area contributed by atoms with Crippen molar-refractivity contribution in [3.8, 4) is 0 Å². The number of nitrogens with zero attached hydrogens (tertiary/aromatic N) is 4. The smallest absolute Gasteiger partial charge is 0.309 e. The Morgan fingerprint density at radius 3 is 2.62 bits per heavy atom. The molecule has 2 N–H and O–H groups in total. The number of piperidine rings is 1. The van der Waals surface area contributed by atoms with Crippen molar-refractivity contribution in [2.24, 2.45) is 11.8 Å². The molecule has 274 valence electrons. The molecule has 0 aliphatic carbocycles. The summed E-state index contributed by atoms with van der Waals surface area (Å²) in [6.07, 6.45) is 6.82. The van der Waals surface area contributed by atoms with Crippen LogP contribution in [0.25, 0.3) is 0 Å². The van der Waals surface area contributed by atoms with Gasteiger partial charge in [-0.3, -0.25) is 14.9 Å². The Bertz CT molecular complexity index is 1890. The van der Waals surface area contributed by atoms with Gasteiger partial charge >= 0.3 is 5.97 Å². The predicted octanol–water partition coefficient (Wildman–Crippen LogP) is 6.06. The third kappa shape index (κ3) is 8.05. The van der Waals surface area contributed by atoms with Gasteiger partial charge in [0.15, 0.2) is 0 Å². The molecule has 0 spiro atoms. The van der Waals surface area contributed by atoms with Crippen LogP contribution >= 0.6 is 0 Å². The molecule has 3 aliphatic rings. The van der Waals surface area contributed by atoms with E-state index in [1.54, 1.807) is 6.20 Å². The van der Waals surface area contributed by atoms with Crippen LogP contribution in [0.1, 0.15) is 59.9 Å². The summed E-state index contributed by atoms with van der Waals surface area (Å²) in [5, 5.41) is 6.72. The van der Waals surface area contributed by atoms with Crippen LogP contribution in [0, 0.1) is 30.4 Å². The molecule has 3 aromatic carbocycles. The van der Waals surface area contributed by atoms with Crippen LogP contribution in [0.5, 0.6) is 0 Å². The van der Waals surface area contributed by atoms with E-state index >= 15 is 4.39 Å². The summed E-state index contributed by atoms with van der Waals surface area (Å²) < 4.78 is 36.4. The van der Waals surface area contributed by atoms with Gasteiger partial charge in [-0.1, -0.05) is 42.5 Å². The van der Waals surface area contributed by atoms with E-state index in [0.29, 0.717) is 43.8 Å². The van der Waals surface area contributed by atoms with Gasteiger partial charge in [0.25, 0.3) is 0 Å². The van der Waals surface area contributed by atoms with Gasteiger partial charge in [-0.05, 0) is 86.0 Å². The third-order valence-electron chi connectivity index (χ3n) is 11.0. The van der Waals surface area contributed by atoms with Gasteiger partial charge in [-0.25, -0.2) is 13.8 Å². The fraction of sp³-hybridized carbons (Fsp3) is 0.439. The van der Waals surface area contributed by atoms with Crippen molar-refractivity contribution < 1.29 is 23.1 Å². The normalized spacial score (nSPS) is 20.8. The molecule has 3 atom stereocenters. The highest BCUT2D eigenvalue weighted by Gasteiger charge is 2.40.